The van der Waals surface area contributed by atoms with Gasteiger partial charge in [-0.3, -0.25) is 0 Å². The lowest BCUT2D eigenvalue weighted by Gasteiger charge is -2.29. The molecule has 0 spiro atoms. The van der Waals surface area contributed by atoms with E-state index in [-0.39, 0.29) is 18.1 Å². The molecule has 1 aromatic rings. The van der Waals surface area contributed by atoms with Crippen LogP contribution in [0, 0.1) is 23.7 Å². The van der Waals surface area contributed by atoms with Gasteiger partial charge in [0.25, 0.3) is 0 Å². The molecule has 1 rings (SSSR count). The van der Waals surface area contributed by atoms with Gasteiger partial charge in [0, 0.05) is 26.7 Å². The lowest BCUT2D eigenvalue weighted by atomic mass is 9.93. The van der Waals surface area contributed by atoms with Crippen molar-refractivity contribution in [3.63, 3.8) is 0 Å². The predicted octanol–water partition coefficient (Wildman–Crippen LogP) is 3.92. The zero-order chi connectivity index (χ0) is 17.1. The van der Waals surface area contributed by atoms with Gasteiger partial charge in [0.15, 0.2) is 0 Å². The number of methoxy groups -OCH3 is 2. The van der Waals surface area contributed by atoms with Gasteiger partial charge in [0.05, 0.1) is 18.8 Å². The first-order chi connectivity index (χ1) is 11.1. The highest BCUT2D eigenvalue weighted by Gasteiger charge is 2.27. The van der Waals surface area contributed by atoms with Crippen molar-refractivity contribution in [1.29, 1.82) is 0 Å². The summed E-state index contributed by atoms with van der Waals surface area (Å²) in [5.41, 5.74) is 1.20. The van der Waals surface area contributed by atoms with Gasteiger partial charge in [-0.15, -0.1) is 5.92 Å². The molecule has 0 N–H and O–H groups in total. The average Bonchev–Trinajstić information content (AvgIpc) is 2.55. The van der Waals surface area contributed by atoms with Crippen molar-refractivity contribution >= 4 is 0 Å². The fourth-order valence-corrected chi connectivity index (χ4v) is 2.77. The SMILES string of the molecule is CC#C[C@H](C)[C@@H](OC)[C@H](C[C@H](C)COCc1ccccc1)OC. The minimum atomic E-state index is -0.0241. The Morgan fingerprint density at radius 3 is 2.30 bits per heavy atom. The Kier molecular flexibility index (Phi) is 9.63. The average molecular weight is 318 g/mol. The molecular weight excluding hydrogens is 288 g/mol. The zero-order valence-electron chi connectivity index (χ0n) is 15.0. The summed E-state index contributed by atoms with van der Waals surface area (Å²) >= 11 is 0. The van der Waals surface area contributed by atoms with Crippen molar-refractivity contribution < 1.29 is 14.2 Å². The van der Waals surface area contributed by atoms with Crippen LogP contribution in [-0.2, 0) is 20.8 Å². The van der Waals surface area contributed by atoms with E-state index in [0.717, 1.165) is 6.42 Å². The number of ether oxygens (including phenoxy) is 3. The summed E-state index contributed by atoms with van der Waals surface area (Å²) in [4.78, 5) is 0. The largest absolute Gasteiger partial charge is 0.379 e. The van der Waals surface area contributed by atoms with Gasteiger partial charge in [-0.25, -0.2) is 0 Å². The maximum Gasteiger partial charge on any atom is 0.0967 e. The standard InChI is InChI=1S/C20H30O3/c1-6-10-17(3)20(22-5)19(21-4)13-16(2)14-23-15-18-11-8-7-9-12-18/h7-9,11-12,16-17,19-20H,13-15H2,1-5H3/t16-,17-,19-,20+/m0/s1. The van der Waals surface area contributed by atoms with Crippen LogP contribution in [0.4, 0.5) is 0 Å². The molecule has 0 fully saturated rings. The number of hydrogen-bond acceptors (Lipinski definition) is 3. The molecule has 0 aliphatic rings. The maximum atomic E-state index is 5.82. The molecule has 0 bridgehead atoms. The van der Waals surface area contributed by atoms with Gasteiger partial charge in [-0.2, -0.15) is 0 Å². The molecule has 0 unspecified atom stereocenters. The molecule has 4 atom stereocenters. The molecule has 0 radical (unpaired) electrons. The summed E-state index contributed by atoms with van der Waals surface area (Å²) in [5.74, 6) is 6.66. The van der Waals surface area contributed by atoms with Crippen LogP contribution >= 0.6 is 0 Å². The van der Waals surface area contributed by atoms with Crippen LogP contribution in [0.25, 0.3) is 0 Å². The van der Waals surface area contributed by atoms with Gasteiger partial charge in [-0.1, -0.05) is 43.2 Å². The van der Waals surface area contributed by atoms with E-state index in [4.69, 9.17) is 14.2 Å². The monoisotopic (exact) mass is 318 g/mol. The minimum Gasteiger partial charge on any atom is -0.379 e. The summed E-state index contributed by atoms with van der Waals surface area (Å²) in [6.07, 6.45) is 0.884. The van der Waals surface area contributed by atoms with E-state index in [2.05, 4.69) is 37.8 Å². The summed E-state index contributed by atoms with van der Waals surface area (Å²) in [5, 5.41) is 0. The summed E-state index contributed by atoms with van der Waals surface area (Å²) < 4.78 is 17.1. The van der Waals surface area contributed by atoms with E-state index in [1.807, 2.05) is 25.1 Å². The van der Waals surface area contributed by atoms with Crippen molar-refractivity contribution in [2.45, 2.75) is 46.0 Å². The van der Waals surface area contributed by atoms with Crippen LogP contribution in [0.1, 0.15) is 32.8 Å². The highest BCUT2D eigenvalue weighted by atomic mass is 16.5. The van der Waals surface area contributed by atoms with E-state index in [1.54, 1.807) is 14.2 Å². The lowest BCUT2D eigenvalue weighted by molar-refractivity contribution is -0.0647. The molecule has 0 aromatic heterocycles. The fraction of sp³-hybridized carbons (Fsp3) is 0.600. The Morgan fingerprint density at radius 2 is 1.74 bits per heavy atom. The molecule has 23 heavy (non-hydrogen) atoms. The molecule has 3 heteroatoms. The molecule has 0 saturated heterocycles. The van der Waals surface area contributed by atoms with Crippen molar-refractivity contribution in [2.24, 2.45) is 11.8 Å². The highest BCUT2D eigenvalue weighted by molar-refractivity contribution is 5.13. The van der Waals surface area contributed by atoms with Gasteiger partial charge in [-0.05, 0) is 31.7 Å². The molecule has 0 heterocycles. The van der Waals surface area contributed by atoms with E-state index in [0.29, 0.717) is 19.1 Å². The first kappa shape index (κ1) is 19.7. The number of hydrogen-bond donors (Lipinski definition) is 0. The van der Waals surface area contributed by atoms with E-state index in [1.165, 1.54) is 5.56 Å². The Hall–Kier alpha value is -1.34. The van der Waals surface area contributed by atoms with E-state index < -0.39 is 0 Å². The van der Waals surface area contributed by atoms with Gasteiger partial charge in [0.1, 0.15) is 0 Å². The Balaban J connectivity index is 2.45. The second-order valence-corrected chi connectivity index (χ2v) is 6.00. The van der Waals surface area contributed by atoms with Crippen molar-refractivity contribution in [1.82, 2.24) is 0 Å². The van der Waals surface area contributed by atoms with E-state index >= 15 is 0 Å². The molecule has 0 amide bonds. The van der Waals surface area contributed by atoms with Gasteiger partial charge < -0.3 is 14.2 Å². The van der Waals surface area contributed by atoms with Crippen LogP contribution < -0.4 is 0 Å². The number of rotatable bonds is 10. The van der Waals surface area contributed by atoms with Crippen LogP contribution in [0.5, 0.6) is 0 Å². The first-order valence-electron chi connectivity index (χ1n) is 8.21. The normalized spacial score (nSPS) is 16.0. The molecule has 0 saturated carbocycles. The summed E-state index contributed by atoms with van der Waals surface area (Å²) in [6, 6.07) is 10.2. The van der Waals surface area contributed by atoms with Crippen LogP contribution in [0.3, 0.4) is 0 Å². The second kappa shape index (κ2) is 11.2. The third kappa shape index (κ3) is 7.18. The van der Waals surface area contributed by atoms with E-state index in [9.17, 15) is 0 Å². The topological polar surface area (TPSA) is 27.7 Å². The fourth-order valence-electron chi connectivity index (χ4n) is 2.77. The molecule has 128 valence electrons. The lowest BCUT2D eigenvalue weighted by Crippen LogP contribution is -2.36. The molecule has 3 nitrogen and oxygen atoms in total. The number of benzene rings is 1. The predicted molar refractivity (Wildman–Crippen MR) is 94.1 cm³/mol. The highest BCUT2D eigenvalue weighted by Crippen LogP contribution is 2.20. The quantitative estimate of drug-likeness (QED) is 0.612. The minimum absolute atomic E-state index is 0.0196. The maximum absolute atomic E-state index is 5.82. The summed E-state index contributed by atoms with van der Waals surface area (Å²) in [7, 11) is 3.46. The Morgan fingerprint density at radius 1 is 1.04 bits per heavy atom. The van der Waals surface area contributed by atoms with Crippen LogP contribution in [0.15, 0.2) is 30.3 Å². The molecule has 1 aromatic carbocycles. The van der Waals surface area contributed by atoms with Gasteiger partial charge >= 0.3 is 0 Å². The smallest absolute Gasteiger partial charge is 0.0967 e. The van der Waals surface area contributed by atoms with Crippen LogP contribution in [0.2, 0.25) is 0 Å². The Labute approximate surface area is 141 Å². The summed E-state index contributed by atoms with van der Waals surface area (Å²) in [6.45, 7) is 7.46. The van der Waals surface area contributed by atoms with Crippen molar-refractivity contribution in [3.05, 3.63) is 35.9 Å². The molecule has 0 aliphatic heterocycles. The first-order valence-corrected chi connectivity index (χ1v) is 8.21. The molecular formula is C20H30O3. The third-order valence-corrected chi connectivity index (χ3v) is 3.95. The van der Waals surface area contributed by atoms with Gasteiger partial charge in [0.2, 0.25) is 0 Å². The molecule has 0 aliphatic carbocycles. The van der Waals surface area contributed by atoms with Crippen molar-refractivity contribution in [3.8, 4) is 11.8 Å². The Bertz CT molecular complexity index is 475. The van der Waals surface area contributed by atoms with Crippen molar-refractivity contribution in [2.75, 3.05) is 20.8 Å². The zero-order valence-corrected chi connectivity index (χ0v) is 15.0. The third-order valence-electron chi connectivity index (χ3n) is 3.95. The van der Waals surface area contributed by atoms with Crippen LogP contribution in [-0.4, -0.2) is 33.0 Å². The second-order valence-electron chi connectivity index (χ2n) is 6.00.